The molecule has 1 nitrogen and oxygen atoms in total. The average Bonchev–Trinajstić information content (AvgIpc) is 2.23. The van der Waals surface area contributed by atoms with Crippen molar-refractivity contribution >= 4 is 6.92 Å². The first kappa shape index (κ1) is 13.0. The minimum absolute atomic E-state index is 0.153. The van der Waals surface area contributed by atoms with E-state index in [1.54, 1.807) is 0 Å². The van der Waals surface area contributed by atoms with Crippen LogP contribution in [0.3, 0.4) is 0 Å². The molecule has 17 heavy (non-hydrogen) atoms. The van der Waals surface area contributed by atoms with Crippen LogP contribution in [0.1, 0.15) is 66.2 Å². The van der Waals surface area contributed by atoms with Crippen LogP contribution in [0, 0.1) is 5.41 Å². The number of hydrogen-bond acceptors (Lipinski definition) is 1. The lowest BCUT2D eigenvalue weighted by atomic mass is 9.38. The van der Waals surface area contributed by atoms with E-state index in [-0.39, 0.29) is 5.41 Å². The summed E-state index contributed by atoms with van der Waals surface area (Å²) in [5, 5.41) is 0. The van der Waals surface area contributed by atoms with Crippen molar-refractivity contribution in [1.82, 2.24) is 0 Å². The first-order valence-corrected chi connectivity index (χ1v) is 7.36. The van der Waals surface area contributed by atoms with Gasteiger partial charge in [0.05, 0.1) is 5.76 Å². The zero-order valence-corrected chi connectivity index (χ0v) is 12.0. The lowest BCUT2D eigenvalue weighted by Crippen LogP contribution is -2.38. The van der Waals surface area contributed by atoms with E-state index in [9.17, 15) is 0 Å². The Balaban J connectivity index is 2.07. The van der Waals surface area contributed by atoms with E-state index in [0.717, 1.165) is 11.6 Å². The second-order valence-electron chi connectivity index (χ2n) is 6.87. The molecule has 2 aliphatic heterocycles. The van der Waals surface area contributed by atoms with Crippen LogP contribution in [-0.4, -0.2) is 6.92 Å². The molecule has 0 aliphatic carbocycles. The van der Waals surface area contributed by atoms with Gasteiger partial charge < -0.3 is 4.65 Å². The highest BCUT2D eigenvalue weighted by Gasteiger charge is 2.43. The minimum Gasteiger partial charge on any atom is -0.563 e. The Morgan fingerprint density at radius 2 is 1.53 bits per heavy atom. The number of hydrogen-bond donors (Lipinski definition) is 0. The van der Waals surface area contributed by atoms with Crippen LogP contribution < -0.4 is 0 Å². The van der Waals surface area contributed by atoms with Crippen molar-refractivity contribution in [2.75, 3.05) is 0 Å². The maximum atomic E-state index is 6.43. The molecule has 0 aromatic rings. The van der Waals surface area contributed by atoms with E-state index >= 15 is 0 Å². The summed E-state index contributed by atoms with van der Waals surface area (Å²) >= 11 is 0. The highest BCUT2D eigenvalue weighted by molar-refractivity contribution is 6.56. The van der Waals surface area contributed by atoms with Gasteiger partial charge in [-0.15, -0.1) is 0 Å². The normalized spacial score (nSPS) is 30.4. The van der Waals surface area contributed by atoms with E-state index in [1.165, 1.54) is 44.3 Å². The molecule has 2 heterocycles. The molecule has 0 saturated carbocycles. The van der Waals surface area contributed by atoms with E-state index < -0.39 is 0 Å². The third-order valence-corrected chi connectivity index (χ3v) is 4.49. The van der Waals surface area contributed by atoms with Gasteiger partial charge >= 0.3 is 6.92 Å². The molecule has 0 spiro atoms. The molecule has 0 aromatic carbocycles. The molecule has 2 fully saturated rings. The second-order valence-corrected chi connectivity index (χ2v) is 6.87. The first-order chi connectivity index (χ1) is 8.02. The van der Waals surface area contributed by atoms with Gasteiger partial charge in [0.2, 0.25) is 0 Å². The Bertz CT molecular complexity index is 268. The number of allylic oxidation sites excluding steroid dienone is 2. The van der Waals surface area contributed by atoms with E-state index in [2.05, 4.69) is 33.8 Å². The molecule has 2 bridgehead atoms. The zero-order valence-electron chi connectivity index (χ0n) is 12.0. The van der Waals surface area contributed by atoms with Gasteiger partial charge in [0.15, 0.2) is 0 Å². The molecule has 0 amide bonds. The molecule has 0 unspecified atom stereocenters. The fraction of sp³-hybridized carbons (Fsp3) is 0.867. The van der Waals surface area contributed by atoms with E-state index in [4.69, 9.17) is 4.65 Å². The zero-order chi connectivity index (χ0) is 12.5. The Hall–Kier alpha value is -0.395. The average molecular weight is 234 g/mol. The Morgan fingerprint density at radius 3 is 1.88 bits per heavy atom. The van der Waals surface area contributed by atoms with Crippen molar-refractivity contribution in [3.63, 3.8) is 0 Å². The van der Waals surface area contributed by atoms with Gasteiger partial charge in [-0.2, -0.15) is 0 Å². The summed E-state index contributed by atoms with van der Waals surface area (Å²) in [7, 11) is 0. The third kappa shape index (κ3) is 2.89. The second kappa shape index (κ2) is 5.08. The van der Waals surface area contributed by atoms with Gasteiger partial charge in [-0.3, -0.25) is 0 Å². The third-order valence-electron chi connectivity index (χ3n) is 4.49. The Kier molecular flexibility index (Phi) is 3.90. The van der Waals surface area contributed by atoms with Gasteiger partial charge in [0.1, 0.15) is 0 Å². The van der Waals surface area contributed by atoms with Crippen molar-refractivity contribution in [1.29, 1.82) is 0 Å². The van der Waals surface area contributed by atoms with Crippen molar-refractivity contribution in [2.24, 2.45) is 5.41 Å². The Morgan fingerprint density at radius 1 is 1.06 bits per heavy atom. The molecule has 96 valence electrons. The fourth-order valence-corrected chi connectivity index (χ4v) is 3.63. The van der Waals surface area contributed by atoms with E-state index in [1.807, 2.05) is 0 Å². The molecule has 2 rings (SSSR count). The molecular formula is C15H27BO. The van der Waals surface area contributed by atoms with Crippen LogP contribution in [0.15, 0.2) is 11.8 Å². The smallest absolute Gasteiger partial charge is 0.363 e. The van der Waals surface area contributed by atoms with Crippen molar-refractivity contribution in [3.05, 3.63) is 11.8 Å². The molecule has 2 saturated heterocycles. The lowest BCUT2D eigenvalue weighted by Gasteiger charge is -2.41. The van der Waals surface area contributed by atoms with Crippen molar-refractivity contribution < 1.29 is 4.65 Å². The summed E-state index contributed by atoms with van der Waals surface area (Å²) in [5.74, 6) is 2.86. The topological polar surface area (TPSA) is 9.23 Å². The van der Waals surface area contributed by atoms with Gasteiger partial charge in [-0.05, 0) is 18.6 Å². The minimum atomic E-state index is 0.153. The SMILES string of the molecule is C/C=C(/OB1C2CCCC1CCC2)C(C)(C)C. The van der Waals surface area contributed by atoms with Crippen LogP contribution in [0.4, 0.5) is 0 Å². The summed E-state index contributed by atoms with van der Waals surface area (Å²) in [5.41, 5.74) is 0.153. The molecule has 0 aromatic heterocycles. The number of rotatable bonds is 2. The molecule has 0 atom stereocenters. The van der Waals surface area contributed by atoms with E-state index in [0.29, 0.717) is 6.92 Å². The predicted octanol–water partition coefficient (Wildman–Crippen LogP) is 5.05. The maximum Gasteiger partial charge on any atom is 0.363 e. The maximum absolute atomic E-state index is 6.43. The summed E-state index contributed by atoms with van der Waals surface area (Å²) in [6.07, 6.45) is 10.6. The molecule has 2 heteroatoms. The van der Waals surface area contributed by atoms with Crippen LogP contribution in [0.25, 0.3) is 0 Å². The quantitative estimate of drug-likeness (QED) is 0.479. The summed E-state index contributed by atoms with van der Waals surface area (Å²) in [6.45, 7) is 9.38. The largest absolute Gasteiger partial charge is 0.563 e. The van der Waals surface area contributed by atoms with Crippen molar-refractivity contribution in [2.45, 2.75) is 77.9 Å². The summed E-state index contributed by atoms with van der Waals surface area (Å²) in [6, 6.07) is 0. The molecular weight excluding hydrogens is 207 g/mol. The standard InChI is InChI=1S/C15H27BO/c1-5-14(15(2,3)4)17-16-12-8-6-9-13(16)11-7-10-12/h5,12-13H,6-11H2,1-4H3/b14-5+. The summed E-state index contributed by atoms with van der Waals surface area (Å²) in [4.78, 5) is 0. The van der Waals surface area contributed by atoms with Crippen LogP contribution in [0.2, 0.25) is 11.6 Å². The Labute approximate surface area is 107 Å². The van der Waals surface area contributed by atoms with Gasteiger partial charge in [0, 0.05) is 5.41 Å². The molecule has 0 N–H and O–H groups in total. The van der Waals surface area contributed by atoms with Crippen molar-refractivity contribution in [3.8, 4) is 0 Å². The molecule has 2 aliphatic rings. The van der Waals surface area contributed by atoms with Gasteiger partial charge in [0.25, 0.3) is 0 Å². The highest BCUT2D eigenvalue weighted by atomic mass is 16.4. The predicted molar refractivity (Wildman–Crippen MR) is 75.3 cm³/mol. The van der Waals surface area contributed by atoms with Crippen LogP contribution in [0.5, 0.6) is 0 Å². The first-order valence-electron chi connectivity index (χ1n) is 7.36. The van der Waals surface area contributed by atoms with Gasteiger partial charge in [-0.1, -0.05) is 65.4 Å². The van der Waals surface area contributed by atoms with Gasteiger partial charge in [-0.25, -0.2) is 0 Å². The van der Waals surface area contributed by atoms with Crippen LogP contribution in [-0.2, 0) is 4.65 Å². The highest BCUT2D eigenvalue weighted by Crippen LogP contribution is 2.48. The monoisotopic (exact) mass is 234 g/mol. The number of fused-ring (bicyclic) bond motifs is 2. The van der Waals surface area contributed by atoms with Crippen LogP contribution >= 0.6 is 0 Å². The summed E-state index contributed by atoms with van der Waals surface area (Å²) < 4.78 is 6.43. The lowest BCUT2D eigenvalue weighted by molar-refractivity contribution is 0.260. The fourth-order valence-electron chi connectivity index (χ4n) is 3.63. The molecule has 0 radical (unpaired) electrons.